The van der Waals surface area contributed by atoms with Crippen LogP contribution in [0.15, 0.2) is 36.7 Å². The first-order chi connectivity index (χ1) is 8.99. The smallest absolute Gasteiger partial charge is 0.328 e. The molecule has 0 aliphatic carbocycles. The molecule has 2 heterocycles. The van der Waals surface area contributed by atoms with Crippen molar-refractivity contribution < 1.29 is 9.90 Å². The molecule has 0 amide bonds. The minimum Gasteiger partial charge on any atom is -0.480 e. The Bertz CT molecular complexity index is 567. The Kier molecular flexibility index (Phi) is 3.41. The van der Waals surface area contributed by atoms with Crippen LogP contribution in [0, 0.1) is 0 Å². The summed E-state index contributed by atoms with van der Waals surface area (Å²) in [6.07, 6.45) is 3.35. The van der Waals surface area contributed by atoms with Gasteiger partial charge in [0, 0.05) is 18.0 Å². The number of nitrogens with zero attached hydrogens (tertiary/aromatic N) is 3. The molecule has 0 saturated carbocycles. The van der Waals surface area contributed by atoms with Crippen LogP contribution >= 0.6 is 0 Å². The third-order valence-electron chi connectivity index (χ3n) is 2.62. The van der Waals surface area contributed by atoms with Crippen LogP contribution in [-0.4, -0.2) is 31.8 Å². The molecule has 2 aromatic rings. The molecule has 2 rings (SSSR count). The monoisotopic (exact) mass is 258 g/mol. The van der Waals surface area contributed by atoms with Gasteiger partial charge in [-0.1, -0.05) is 0 Å². The van der Waals surface area contributed by atoms with Crippen molar-refractivity contribution in [3.05, 3.63) is 36.7 Å². The van der Waals surface area contributed by atoms with Crippen molar-refractivity contribution in [1.82, 2.24) is 15.2 Å². The molecule has 0 aliphatic heterocycles. The topological polar surface area (TPSA) is 88.0 Å². The highest BCUT2D eigenvalue weighted by Crippen LogP contribution is 2.17. The summed E-state index contributed by atoms with van der Waals surface area (Å²) >= 11 is 0. The highest BCUT2D eigenvalue weighted by Gasteiger charge is 2.27. The van der Waals surface area contributed by atoms with E-state index in [9.17, 15) is 4.79 Å². The number of pyridine rings is 1. The van der Waals surface area contributed by atoms with E-state index < -0.39 is 11.5 Å². The van der Waals surface area contributed by atoms with Gasteiger partial charge in [-0.3, -0.25) is 4.98 Å². The lowest BCUT2D eigenvalue weighted by molar-refractivity contribution is -0.141. The summed E-state index contributed by atoms with van der Waals surface area (Å²) in [7, 11) is 0. The molecule has 0 aromatic carbocycles. The van der Waals surface area contributed by atoms with Crippen molar-refractivity contribution in [2.45, 2.75) is 19.4 Å². The largest absolute Gasteiger partial charge is 0.480 e. The third-order valence-corrected chi connectivity index (χ3v) is 2.62. The SMILES string of the molecule is CC(C)(Nc1ccc(-c2ccncc2)nn1)C(=O)O. The van der Waals surface area contributed by atoms with Gasteiger partial charge in [-0.15, -0.1) is 10.2 Å². The van der Waals surface area contributed by atoms with Crippen LogP contribution in [-0.2, 0) is 4.79 Å². The molecular formula is C13H14N4O2. The number of rotatable bonds is 4. The summed E-state index contributed by atoms with van der Waals surface area (Å²) in [6.45, 7) is 3.13. The minimum absolute atomic E-state index is 0.421. The van der Waals surface area contributed by atoms with Gasteiger partial charge in [0.15, 0.2) is 0 Å². The maximum Gasteiger partial charge on any atom is 0.328 e. The Morgan fingerprint density at radius 2 is 1.84 bits per heavy atom. The molecule has 6 heteroatoms. The maximum atomic E-state index is 11.0. The van der Waals surface area contributed by atoms with Crippen molar-refractivity contribution in [2.75, 3.05) is 5.32 Å². The van der Waals surface area contributed by atoms with Crippen molar-refractivity contribution in [1.29, 1.82) is 0 Å². The molecule has 0 aliphatic rings. The van der Waals surface area contributed by atoms with Crippen LogP contribution in [0.4, 0.5) is 5.82 Å². The first-order valence-electron chi connectivity index (χ1n) is 5.75. The standard InChI is InChI=1S/C13H14N4O2/c1-13(2,12(18)19)15-11-4-3-10(16-17-11)9-5-7-14-8-6-9/h3-8H,1-2H3,(H,15,17)(H,18,19). The molecule has 6 nitrogen and oxygen atoms in total. The van der Waals surface area contributed by atoms with E-state index in [-0.39, 0.29) is 0 Å². The second kappa shape index (κ2) is 5.01. The number of hydrogen-bond acceptors (Lipinski definition) is 5. The predicted molar refractivity (Wildman–Crippen MR) is 70.6 cm³/mol. The number of aliphatic carboxylic acids is 1. The predicted octanol–water partition coefficient (Wildman–Crippen LogP) is 1.81. The van der Waals surface area contributed by atoms with Crippen LogP contribution in [0.25, 0.3) is 11.3 Å². The van der Waals surface area contributed by atoms with Crippen molar-refractivity contribution in [3.63, 3.8) is 0 Å². The van der Waals surface area contributed by atoms with Crippen molar-refractivity contribution in [2.24, 2.45) is 0 Å². The van der Waals surface area contributed by atoms with E-state index in [1.54, 1.807) is 38.4 Å². The zero-order valence-electron chi connectivity index (χ0n) is 10.7. The first-order valence-corrected chi connectivity index (χ1v) is 5.75. The Balaban J connectivity index is 2.18. The zero-order valence-corrected chi connectivity index (χ0v) is 10.7. The van der Waals surface area contributed by atoms with E-state index in [1.165, 1.54) is 0 Å². The average molecular weight is 258 g/mol. The average Bonchev–Trinajstić information content (AvgIpc) is 2.40. The van der Waals surface area contributed by atoms with E-state index in [0.717, 1.165) is 5.56 Å². The highest BCUT2D eigenvalue weighted by atomic mass is 16.4. The summed E-state index contributed by atoms with van der Waals surface area (Å²) in [4.78, 5) is 14.9. The van der Waals surface area contributed by atoms with Gasteiger partial charge in [0.1, 0.15) is 11.4 Å². The fourth-order valence-electron chi connectivity index (χ4n) is 1.45. The fraction of sp³-hybridized carbons (Fsp3) is 0.231. The second-order valence-corrected chi connectivity index (χ2v) is 4.59. The zero-order chi connectivity index (χ0) is 13.9. The molecule has 0 spiro atoms. The van der Waals surface area contributed by atoms with Gasteiger partial charge in [0.25, 0.3) is 0 Å². The first kappa shape index (κ1) is 12.9. The Hall–Kier alpha value is -2.50. The van der Waals surface area contributed by atoms with Gasteiger partial charge in [0.2, 0.25) is 0 Å². The van der Waals surface area contributed by atoms with Crippen LogP contribution in [0.1, 0.15) is 13.8 Å². The van der Waals surface area contributed by atoms with Gasteiger partial charge in [-0.2, -0.15) is 0 Å². The number of aromatic nitrogens is 3. The number of carbonyl (C=O) groups is 1. The molecule has 2 aromatic heterocycles. The Morgan fingerprint density at radius 1 is 1.16 bits per heavy atom. The lowest BCUT2D eigenvalue weighted by atomic mass is 10.1. The summed E-state index contributed by atoms with van der Waals surface area (Å²) in [6, 6.07) is 7.15. The molecule has 0 radical (unpaired) electrons. The van der Waals surface area contributed by atoms with Gasteiger partial charge in [-0.05, 0) is 38.1 Å². The van der Waals surface area contributed by atoms with E-state index in [0.29, 0.717) is 11.5 Å². The molecule has 19 heavy (non-hydrogen) atoms. The molecule has 2 N–H and O–H groups in total. The number of hydrogen-bond donors (Lipinski definition) is 2. The molecule has 0 atom stereocenters. The number of anilines is 1. The number of carboxylic acids is 1. The molecular weight excluding hydrogens is 244 g/mol. The minimum atomic E-state index is -1.09. The quantitative estimate of drug-likeness (QED) is 0.869. The summed E-state index contributed by atoms with van der Waals surface area (Å²) in [5, 5.41) is 19.9. The maximum absolute atomic E-state index is 11.0. The lowest BCUT2D eigenvalue weighted by Gasteiger charge is -2.21. The van der Waals surface area contributed by atoms with E-state index in [1.807, 2.05) is 12.1 Å². The molecule has 98 valence electrons. The molecule has 0 fully saturated rings. The Labute approximate surface area is 110 Å². The van der Waals surface area contributed by atoms with Crippen molar-refractivity contribution in [3.8, 4) is 11.3 Å². The lowest BCUT2D eigenvalue weighted by Crippen LogP contribution is -2.40. The molecule has 0 saturated heterocycles. The second-order valence-electron chi connectivity index (χ2n) is 4.59. The highest BCUT2D eigenvalue weighted by molar-refractivity contribution is 5.81. The van der Waals surface area contributed by atoms with Gasteiger partial charge < -0.3 is 10.4 Å². The van der Waals surface area contributed by atoms with E-state index >= 15 is 0 Å². The van der Waals surface area contributed by atoms with Crippen LogP contribution in [0.5, 0.6) is 0 Å². The van der Waals surface area contributed by atoms with Crippen LogP contribution in [0.2, 0.25) is 0 Å². The summed E-state index contributed by atoms with van der Waals surface area (Å²) in [5.41, 5.74) is 0.528. The van der Waals surface area contributed by atoms with Crippen LogP contribution in [0.3, 0.4) is 0 Å². The third kappa shape index (κ3) is 3.04. The van der Waals surface area contributed by atoms with Crippen LogP contribution < -0.4 is 5.32 Å². The fourth-order valence-corrected chi connectivity index (χ4v) is 1.45. The van der Waals surface area contributed by atoms with E-state index in [2.05, 4.69) is 20.5 Å². The Morgan fingerprint density at radius 3 is 2.37 bits per heavy atom. The molecule has 0 bridgehead atoms. The summed E-state index contributed by atoms with van der Waals surface area (Å²) < 4.78 is 0. The summed E-state index contributed by atoms with van der Waals surface area (Å²) in [5.74, 6) is -0.530. The van der Waals surface area contributed by atoms with Gasteiger partial charge in [-0.25, -0.2) is 4.79 Å². The van der Waals surface area contributed by atoms with Gasteiger partial charge in [0.05, 0.1) is 5.69 Å². The normalized spacial score (nSPS) is 11.1. The number of nitrogens with one attached hydrogen (secondary N) is 1. The van der Waals surface area contributed by atoms with Crippen molar-refractivity contribution >= 4 is 11.8 Å². The number of carboxylic acid groups (broad SMARTS) is 1. The molecule has 0 unspecified atom stereocenters. The van der Waals surface area contributed by atoms with E-state index in [4.69, 9.17) is 5.11 Å². The van der Waals surface area contributed by atoms with Gasteiger partial charge >= 0.3 is 5.97 Å².